The van der Waals surface area contributed by atoms with Crippen LogP contribution in [0, 0.1) is 5.82 Å². The molecular weight excluding hydrogens is 271 g/mol. The number of imidazole rings is 1. The van der Waals surface area contributed by atoms with Gasteiger partial charge in [-0.1, -0.05) is 18.2 Å². The first kappa shape index (κ1) is 13.1. The van der Waals surface area contributed by atoms with E-state index in [0.29, 0.717) is 16.6 Å². The highest BCUT2D eigenvalue weighted by molar-refractivity contribution is 6.08. The molecule has 1 aromatic heterocycles. The van der Waals surface area contributed by atoms with Crippen LogP contribution in [0.15, 0.2) is 53.3 Å². The van der Waals surface area contributed by atoms with Crippen molar-refractivity contribution in [1.82, 2.24) is 9.97 Å². The van der Waals surface area contributed by atoms with Gasteiger partial charge in [0.1, 0.15) is 5.82 Å². The van der Waals surface area contributed by atoms with E-state index in [1.54, 1.807) is 36.4 Å². The number of allylic oxidation sites excluding steroid dienone is 1. The quantitative estimate of drug-likeness (QED) is 0.573. The van der Waals surface area contributed by atoms with Gasteiger partial charge in [0.2, 0.25) is 0 Å². The monoisotopic (exact) mass is 282 g/mol. The molecule has 1 heterocycles. The third kappa shape index (κ3) is 2.81. The van der Waals surface area contributed by atoms with E-state index in [0.717, 1.165) is 5.56 Å². The number of hydrogen-bond acceptors (Lipinski definition) is 2. The maximum absolute atomic E-state index is 12.8. The molecule has 0 aliphatic carbocycles. The van der Waals surface area contributed by atoms with Gasteiger partial charge in [-0.2, -0.15) is 0 Å². The van der Waals surface area contributed by atoms with E-state index in [9.17, 15) is 14.0 Å². The first-order chi connectivity index (χ1) is 10.1. The van der Waals surface area contributed by atoms with Crippen LogP contribution >= 0.6 is 0 Å². The van der Waals surface area contributed by atoms with Crippen molar-refractivity contribution in [2.45, 2.75) is 0 Å². The van der Waals surface area contributed by atoms with E-state index in [1.165, 1.54) is 18.2 Å². The van der Waals surface area contributed by atoms with Crippen LogP contribution in [0.25, 0.3) is 17.1 Å². The average Bonchev–Trinajstić information content (AvgIpc) is 2.85. The zero-order valence-corrected chi connectivity index (χ0v) is 10.9. The molecule has 0 radical (unpaired) electrons. The SMILES string of the molecule is O=C(C=Cc1ccc(F)cc1)c1ccc2[nH]c(=O)[nH]c2c1. The number of aromatic nitrogens is 2. The molecule has 21 heavy (non-hydrogen) atoms. The number of nitrogens with one attached hydrogen (secondary N) is 2. The molecular formula is C16H11FN2O2. The van der Waals surface area contributed by atoms with Crippen LogP contribution in [-0.2, 0) is 0 Å². The van der Waals surface area contributed by atoms with Crippen molar-refractivity contribution < 1.29 is 9.18 Å². The van der Waals surface area contributed by atoms with Gasteiger partial charge in [0.15, 0.2) is 5.78 Å². The Morgan fingerprint density at radius 3 is 2.48 bits per heavy atom. The van der Waals surface area contributed by atoms with Gasteiger partial charge in [0.05, 0.1) is 11.0 Å². The van der Waals surface area contributed by atoms with E-state index in [-0.39, 0.29) is 17.3 Å². The molecule has 3 aromatic rings. The second kappa shape index (κ2) is 5.20. The summed E-state index contributed by atoms with van der Waals surface area (Å²) in [6.45, 7) is 0. The summed E-state index contributed by atoms with van der Waals surface area (Å²) in [7, 11) is 0. The summed E-state index contributed by atoms with van der Waals surface area (Å²) in [5.74, 6) is -0.511. The number of fused-ring (bicyclic) bond motifs is 1. The summed E-state index contributed by atoms with van der Waals surface area (Å²) >= 11 is 0. The van der Waals surface area contributed by atoms with Gasteiger partial charge in [-0.05, 0) is 42.0 Å². The predicted molar refractivity (Wildman–Crippen MR) is 78.7 cm³/mol. The molecule has 0 spiro atoms. The Labute approximate surface area is 118 Å². The van der Waals surface area contributed by atoms with Gasteiger partial charge >= 0.3 is 5.69 Å². The molecule has 0 bridgehead atoms. The molecule has 4 nitrogen and oxygen atoms in total. The van der Waals surface area contributed by atoms with Crippen LogP contribution in [0.4, 0.5) is 4.39 Å². The molecule has 0 fully saturated rings. The van der Waals surface area contributed by atoms with Gasteiger partial charge in [0.25, 0.3) is 0 Å². The zero-order chi connectivity index (χ0) is 14.8. The number of benzene rings is 2. The Bertz CT molecular complexity index is 889. The minimum atomic E-state index is -0.319. The van der Waals surface area contributed by atoms with Crippen LogP contribution in [0.2, 0.25) is 0 Å². The van der Waals surface area contributed by atoms with Crippen LogP contribution in [0.3, 0.4) is 0 Å². The molecule has 0 amide bonds. The number of H-pyrrole nitrogens is 2. The molecule has 0 aliphatic heterocycles. The van der Waals surface area contributed by atoms with Gasteiger partial charge in [-0.25, -0.2) is 9.18 Å². The lowest BCUT2D eigenvalue weighted by atomic mass is 10.1. The number of rotatable bonds is 3. The fourth-order valence-electron chi connectivity index (χ4n) is 2.03. The second-order valence-electron chi connectivity index (χ2n) is 4.59. The number of hydrogen-bond donors (Lipinski definition) is 2. The smallest absolute Gasteiger partial charge is 0.306 e. The highest BCUT2D eigenvalue weighted by Crippen LogP contribution is 2.12. The minimum Gasteiger partial charge on any atom is -0.306 e. The third-order valence-corrected chi connectivity index (χ3v) is 3.10. The number of carbonyl (C=O) groups excluding carboxylic acids is 1. The molecule has 2 N–H and O–H groups in total. The van der Waals surface area contributed by atoms with Gasteiger partial charge in [0, 0.05) is 5.56 Å². The summed E-state index contributed by atoms with van der Waals surface area (Å²) in [6.07, 6.45) is 3.03. The zero-order valence-electron chi connectivity index (χ0n) is 10.9. The van der Waals surface area contributed by atoms with E-state index in [1.807, 2.05) is 0 Å². The largest absolute Gasteiger partial charge is 0.323 e. The average molecular weight is 282 g/mol. The van der Waals surface area contributed by atoms with E-state index >= 15 is 0 Å². The summed E-state index contributed by atoms with van der Waals surface area (Å²) in [4.78, 5) is 28.5. The fourth-order valence-corrected chi connectivity index (χ4v) is 2.03. The first-order valence-corrected chi connectivity index (χ1v) is 6.32. The normalized spacial score (nSPS) is 11.3. The highest BCUT2D eigenvalue weighted by Gasteiger charge is 2.05. The number of carbonyl (C=O) groups is 1. The van der Waals surface area contributed by atoms with E-state index in [4.69, 9.17) is 0 Å². The summed E-state index contributed by atoms with van der Waals surface area (Å²) in [5, 5.41) is 0. The van der Waals surface area contributed by atoms with Crippen molar-refractivity contribution in [3.8, 4) is 0 Å². The molecule has 3 rings (SSSR count). The van der Waals surface area contributed by atoms with Crippen molar-refractivity contribution >= 4 is 22.9 Å². The molecule has 0 saturated heterocycles. The Balaban J connectivity index is 1.86. The van der Waals surface area contributed by atoms with Crippen LogP contribution in [0.5, 0.6) is 0 Å². The molecule has 104 valence electrons. The molecule has 5 heteroatoms. The van der Waals surface area contributed by atoms with Crippen molar-refractivity contribution in [2.24, 2.45) is 0 Å². The van der Waals surface area contributed by atoms with Crippen molar-refractivity contribution in [1.29, 1.82) is 0 Å². The standard InChI is InChI=1S/C16H11FN2O2/c17-12-5-1-10(2-6-12)3-8-15(20)11-4-7-13-14(9-11)19-16(21)18-13/h1-9H,(H2,18,19,21). The minimum absolute atomic E-state index is 0.191. The summed E-state index contributed by atoms with van der Waals surface area (Å²) < 4.78 is 12.8. The number of aromatic amines is 2. The summed E-state index contributed by atoms with van der Waals surface area (Å²) in [5.41, 5.74) is 2.13. The molecule has 0 atom stereocenters. The van der Waals surface area contributed by atoms with Crippen LogP contribution in [0.1, 0.15) is 15.9 Å². The molecule has 0 unspecified atom stereocenters. The molecule has 0 aliphatic rings. The van der Waals surface area contributed by atoms with Gasteiger partial charge in [-0.3, -0.25) is 4.79 Å². The fraction of sp³-hybridized carbons (Fsp3) is 0. The van der Waals surface area contributed by atoms with Crippen molar-refractivity contribution in [2.75, 3.05) is 0 Å². The summed E-state index contributed by atoms with van der Waals surface area (Å²) in [6, 6.07) is 10.8. The second-order valence-corrected chi connectivity index (χ2v) is 4.59. The number of ketones is 1. The Kier molecular flexibility index (Phi) is 3.23. The predicted octanol–water partition coefficient (Wildman–Crippen LogP) is 2.89. The Hall–Kier alpha value is -2.95. The van der Waals surface area contributed by atoms with Crippen molar-refractivity contribution in [3.05, 3.63) is 76.0 Å². The lowest BCUT2D eigenvalue weighted by Gasteiger charge is -1.97. The van der Waals surface area contributed by atoms with Crippen LogP contribution in [-0.4, -0.2) is 15.8 Å². The molecule has 2 aromatic carbocycles. The molecule has 0 saturated carbocycles. The topological polar surface area (TPSA) is 65.7 Å². The van der Waals surface area contributed by atoms with Gasteiger partial charge in [-0.15, -0.1) is 0 Å². The van der Waals surface area contributed by atoms with E-state index in [2.05, 4.69) is 9.97 Å². The van der Waals surface area contributed by atoms with Crippen LogP contribution < -0.4 is 5.69 Å². The van der Waals surface area contributed by atoms with E-state index < -0.39 is 0 Å². The third-order valence-electron chi connectivity index (χ3n) is 3.10. The lowest BCUT2D eigenvalue weighted by Crippen LogP contribution is -1.99. The maximum Gasteiger partial charge on any atom is 0.323 e. The first-order valence-electron chi connectivity index (χ1n) is 6.32. The maximum atomic E-state index is 12.8. The van der Waals surface area contributed by atoms with Crippen molar-refractivity contribution in [3.63, 3.8) is 0 Å². The Morgan fingerprint density at radius 2 is 1.71 bits per heavy atom. The number of halogens is 1. The highest BCUT2D eigenvalue weighted by atomic mass is 19.1. The lowest BCUT2D eigenvalue weighted by molar-refractivity contribution is 0.104. The Morgan fingerprint density at radius 1 is 1.00 bits per heavy atom. The van der Waals surface area contributed by atoms with Gasteiger partial charge < -0.3 is 9.97 Å².